The molecule has 0 saturated carbocycles. The lowest BCUT2D eigenvalue weighted by Crippen LogP contribution is -2.35. The van der Waals surface area contributed by atoms with Crippen LogP contribution in [0.3, 0.4) is 0 Å². The van der Waals surface area contributed by atoms with Crippen molar-refractivity contribution in [2.75, 3.05) is 11.5 Å². The number of hydrogen-bond donors (Lipinski definition) is 3. The molecule has 20 heavy (non-hydrogen) atoms. The fraction of sp³-hybridized carbons (Fsp3) is 0.154. The summed E-state index contributed by atoms with van der Waals surface area (Å²) in [4.78, 5) is 15.2. The summed E-state index contributed by atoms with van der Waals surface area (Å²) < 4.78 is 22.6. The van der Waals surface area contributed by atoms with Crippen LogP contribution in [-0.4, -0.2) is 31.1 Å². The zero-order valence-corrected chi connectivity index (χ0v) is 11.3. The third-order valence-electron chi connectivity index (χ3n) is 3.20. The molecule has 1 unspecified atom stereocenters. The van der Waals surface area contributed by atoms with Gasteiger partial charge in [-0.05, 0) is 24.3 Å². The van der Waals surface area contributed by atoms with E-state index in [-0.39, 0.29) is 11.7 Å². The summed E-state index contributed by atoms with van der Waals surface area (Å²) in [6.45, 7) is 0. The molecular formula is C13H13N3O3S. The molecule has 2 heterocycles. The molecule has 7 heteroatoms. The third kappa shape index (κ3) is 2.27. The molecule has 0 radical (unpaired) electrons. The second-order valence-electron chi connectivity index (χ2n) is 4.75. The van der Waals surface area contributed by atoms with Gasteiger partial charge >= 0.3 is 0 Å². The van der Waals surface area contributed by atoms with Gasteiger partial charge in [0.2, 0.25) is 0 Å². The first-order chi connectivity index (χ1) is 9.44. The van der Waals surface area contributed by atoms with E-state index in [9.17, 15) is 13.2 Å². The van der Waals surface area contributed by atoms with Crippen LogP contribution in [0.5, 0.6) is 0 Å². The van der Waals surface area contributed by atoms with Crippen LogP contribution in [0.15, 0.2) is 35.9 Å². The fourth-order valence-corrected chi connectivity index (χ4v) is 3.48. The van der Waals surface area contributed by atoms with Crippen molar-refractivity contribution in [3.8, 4) is 0 Å². The van der Waals surface area contributed by atoms with Gasteiger partial charge in [0.05, 0.1) is 17.4 Å². The summed E-state index contributed by atoms with van der Waals surface area (Å²) in [5, 5.41) is 4.57. The maximum atomic E-state index is 12.2. The highest BCUT2D eigenvalue weighted by molar-refractivity contribution is 7.94. The summed E-state index contributed by atoms with van der Waals surface area (Å²) in [5.41, 5.74) is 7.52. The van der Waals surface area contributed by atoms with Crippen molar-refractivity contribution in [2.45, 2.75) is 6.04 Å². The number of rotatable bonds is 2. The molecule has 1 aliphatic rings. The van der Waals surface area contributed by atoms with Crippen LogP contribution >= 0.6 is 0 Å². The number of carbonyl (C=O) groups is 1. The molecule has 0 bridgehead atoms. The van der Waals surface area contributed by atoms with Gasteiger partial charge in [0.1, 0.15) is 0 Å². The lowest BCUT2D eigenvalue weighted by Gasteiger charge is -2.09. The molecule has 1 amide bonds. The van der Waals surface area contributed by atoms with Crippen LogP contribution in [0.1, 0.15) is 10.4 Å². The van der Waals surface area contributed by atoms with Gasteiger partial charge in [-0.1, -0.05) is 0 Å². The Labute approximate surface area is 115 Å². The number of aromatic amines is 1. The average molecular weight is 291 g/mol. The van der Waals surface area contributed by atoms with E-state index in [1.54, 1.807) is 24.4 Å². The number of nitrogens with one attached hydrogen (secondary N) is 2. The van der Waals surface area contributed by atoms with Crippen LogP contribution < -0.4 is 11.1 Å². The normalized spacial score (nSPS) is 20.3. The van der Waals surface area contributed by atoms with Crippen LogP contribution in [0, 0.1) is 0 Å². The van der Waals surface area contributed by atoms with Gasteiger partial charge in [0.25, 0.3) is 5.91 Å². The quantitative estimate of drug-likeness (QED) is 0.711. The number of amides is 1. The van der Waals surface area contributed by atoms with E-state index in [1.807, 2.05) is 0 Å². The number of aromatic nitrogens is 1. The highest BCUT2D eigenvalue weighted by Gasteiger charge is 2.24. The summed E-state index contributed by atoms with van der Waals surface area (Å²) in [5.74, 6) is -0.401. The molecule has 6 nitrogen and oxygen atoms in total. The molecule has 1 atom stereocenters. The van der Waals surface area contributed by atoms with Gasteiger partial charge in [-0.15, -0.1) is 0 Å². The van der Waals surface area contributed by atoms with E-state index in [0.29, 0.717) is 11.3 Å². The molecule has 0 spiro atoms. The Balaban J connectivity index is 1.85. The monoisotopic (exact) mass is 291 g/mol. The number of nitrogen functional groups attached to an aromatic ring is 1. The maximum Gasteiger partial charge on any atom is 0.253 e. The Morgan fingerprint density at radius 1 is 1.40 bits per heavy atom. The number of anilines is 1. The third-order valence-corrected chi connectivity index (χ3v) is 4.59. The highest BCUT2D eigenvalue weighted by atomic mass is 32.2. The average Bonchev–Trinajstić information content (AvgIpc) is 2.92. The molecule has 1 aromatic carbocycles. The molecule has 3 rings (SSSR count). The Hall–Kier alpha value is -2.28. The summed E-state index contributed by atoms with van der Waals surface area (Å²) in [7, 11) is -3.18. The Bertz CT molecular complexity index is 820. The summed E-state index contributed by atoms with van der Waals surface area (Å²) >= 11 is 0. The Morgan fingerprint density at radius 2 is 2.20 bits per heavy atom. The molecule has 1 aliphatic heterocycles. The minimum atomic E-state index is -3.18. The number of carbonyl (C=O) groups excluding carboxylic acids is 1. The topological polar surface area (TPSA) is 105 Å². The minimum Gasteiger partial charge on any atom is -0.399 e. The van der Waals surface area contributed by atoms with Crippen molar-refractivity contribution < 1.29 is 13.2 Å². The fourth-order valence-electron chi connectivity index (χ4n) is 2.24. The first-order valence-corrected chi connectivity index (χ1v) is 7.74. The van der Waals surface area contributed by atoms with Crippen LogP contribution in [0.25, 0.3) is 10.9 Å². The van der Waals surface area contributed by atoms with Gasteiger partial charge < -0.3 is 16.0 Å². The van der Waals surface area contributed by atoms with Crippen LogP contribution in [0.4, 0.5) is 5.69 Å². The summed E-state index contributed by atoms with van der Waals surface area (Å²) in [6.07, 6.45) is 3.08. The molecule has 0 aliphatic carbocycles. The standard InChI is InChI=1S/C13H13N3O3S/c14-8-1-2-10-11(6-15-12(10)5-8)13(17)16-9-3-4-20(18,19)7-9/h1-6,9,15H,7,14H2,(H,16,17). The van der Waals surface area contributed by atoms with E-state index < -0.39 is 15.9 Å². The molecular weight excluding hydrogens is 278 g/mol. The number of H-pyrrole nitrogens is 1. The smallest absolute Gasteiger partial charge is 0.253 e. The van der Waals surface area contributed by atoms with Crippen molar-refractivity contribution in [1.29, 1.82) is 0 Å². The van der Waals surface area contributed by atoms with E-state index in [2.05, 4.69) is 10.3 Å². The second-order valence-corrected chi connectivity index (χ2v) is 6.68. The van der Waals surface area contributed by atoms with Gasteiger partial charge in [-0.3, -0.25) is 4.79 Å². The Morgan fingerprint density at radius 3 is 2.90 bits per heavy atom. The largest absolute Gasteiger partial charge is 0.399 e. The van der Waals surface area contributed by atoms with Gasteiger partial charge in [0.15, 0.2) is 9.84 Å². The minimum absolute atomic E-state index is 0.0892. The number of sulfone groups is 1. The van der Waals surface area contributed by atoms with Crippen molar-refractivity contribution in [2.24, 2.45) is 0 Å². The first-order valence-electron chi connectivity index (χ1n) is 6.03. The molecule has 1 aromatic heterocycles. The van der Waals surface area contributed by atoms with E-state index in [1.165, 1.54) is 6.08 Å². The summed E-state index contributed by atoms with van der Waals surface area (Å²) in [6, 6.07) is 4.74. The predicted octanol–water partition coefficient (Wildman–Crippen LogP) is 0.791. The highest BCUT2D eigenvalue weighted by Crippen LogP contribution is 2.21. The molecule has 0 saturated heterocycles. The molecule has 0 fully saturated rings. The van der Waals surface area contributed by atoms with Crippen molar-refractivity contribution in [3.63, 3.8) is 0 Å². The lowest BCUT2D eigenvalue weighted by atomic mass is 10.1. The van der Waals surface area contributed by atoms with E-state index in [4.69, 9.17) is 5.73 Å². The van der Waals surface area contributed by atoms with Crippen molar-refractivity contribution in [3.05, 3.63) is 41.4 Å². The number of hydrogen-bond acceptors (Lipinski definition) is 4. The zero-order chi connectivity index (χ0) is 14.3. The van der Waals surface area contributed by atoms with Crippen LogP contribution in [-0.2, 0) is 9.84 Å². The zero-order valence-electron chi connectivity index (χ0n) is 10.5. The molecule has 4 N–H and O–H groups in total. The molecule has 104 valence electrons. The Kier molecular flexibility index (Phi) is 2.79. The first kappa shape index (κ1) is 12.7. The van der Waals surface area contributed by atoms with E-state index >= 15 is 0 Å². The van der Waals surface area contributed by atoms with Crippen LogP contribution in [0.2, 0.25) is 0 Å². The second kappa shape index (κ2) is 4.38. The van der Waals surface area contributed by atoms with Crippen molar-refractivity contribution in [1.82, 2.24) is 10.3 Å². The molecule has 2 aromatic rings. The van der Waals surface area contributed by atoms with Gasteiger partial charge in [-0.2, -0.15) is 0 Å². The van der Waals surface area contributed by atoms with Gasteiger partial charge in [-0.25, -0.2) is 8.42 Å². The van der Waals surface area contributed by atoms with E-state index in [0.717, 1.165) is 16.3 Å². The number of fused-ring (bicyclic) bond motifs is 1. The number of benzene rings is 1. The lowest BCUT2D eigenvalue weighted by molar-refractivity contribution is 0.0949. The number of nitrogens with two attached hydrogens (primary N) is 1. The SMILES string of the molecule is Nc1ccc2c(C(=O)NC3C=CS(=O)(=O)C3)c[nH]c2c1. The van der Waals surface area contributed by atoms with Gasteiger partial charge in [0, 0.05) is 28.2 Å². The van der Waals surface area contributed by atoms with Crippen molar-refractivity contribution >= 4 is 32.3 Å². The predicted molar refractivity (Wildman–Crippen MR) is 76.9 cm³/mol. The maximum absolute atomic E-state index is 12.2.